The molecular weight excluding hydrogens is 320 g/mol. The molecule has 0 bridgehead atoms. The fourth-order valence-corrected chi connectivity index (χ4v) is 2.09. The molecule has 1 aliphatic rings. The molecule has 0 spiro atoms. The molecule has 0 aromatic rings. The van der Waals surface area contributed by atoms with E-state index in [0.717, 1.165) is 0 Å². The number of aliphatic hydroxyl groups excluding tert-OH is 8. The molecule has 0 saturated carbocycles. The molecule has 8 atom stereocenters. The summed E-state index contributed by atoms with van der Waals surface area (Å²) in [6, 6.07) is 0. The van der Waals surface area contributed by atoms with Crippen LogP contribution >= 0.6 is 0 Å². The van der Waals surface area contributed by atoms with E-state index in [2.05, 4.69) is 0 Å². The van der Waals surface area contributed by atoms with Crippen LogP contribution in [0.4, 0.5) is 0 Å². The number of ether oxygens (including phenoxy) is 2. The van der Waals surface area contributed by atoms with E-state index in [1.807, 2.05) is 0 Å². The molecule has 0 unspecified atom stereocenters. The number of hydrogen-bond acceptors (Lipinski definition) is 11. The standard InChI is InChI=1S/C12H22O11/c13-1-4(16)7(18)11(5(17)2-14)23-12-10(21)9(20)8(19)6(3-15)22-12/h5-15,17-21H,1-3H2/t5-,6-,7-,8+,9+,10+,11+,12+/m1/s1. The summed E-state index contributed by atoms with van der Waals surface area (Å²) in [5.41, 5.74) is 0. The van der Waals surface area contributed by atoms with Gasteiger partial charge in [0.15, 0.2) is 12.1 Å². The first-order valence-corrected chi connectivity index (χ1v) is 6.85. The van der Waals surface area contributed by atoms with Gasteiger partial charge in [0.2, 0.25) is 0 Å². The molecule has 0 aromatic carbocycles. The van der Waals surface area contributed by atoms with Gasteiger partial charge in [0.25, 0.3) is 0 Å². The Morgan fingerprint density at radius 2 is 1.65 bits per heavy atom. The number of Topliss-reactive ketones (excluding diaryl/α,β-unsaturated/α-hetero) is 1. The quantitative estimate of drug-likeness (QED) is 0.209. The van der Waals surface area contributed by atoms with Crippen LogP contribution in [0.15, 0.2) is 0 Å². The Hall–Kier alpha value is -0.730. The fourth-order valence-electron chi connectivity index (χ4n) is 2.09. The minimum Gasteiger partial charge on any atom is -0.394 e. The molecule has 0 aliphatic carbocycles. The number of aliphatic hydroxyl groups is 8. The van der Waals surface area contributed by atoms with Crippen LogP contribution in [0.2, 0.25) is 0 Å². The van der Waals surface area contributed by atoms with Gasteiger partial charge in [-0.2, -0.15) is 0 Å². The Morgan fingerprint density at radius 3 is 2.13 bits per heavy atom. The van der Waals surface area contributed by atoms with Crippen LogP contribution in [0, 0.1) is 0 Å². The lowest BCUT2D eigenvalue weighted by molar-refractivity contribution is -0.323. The van der Waals surface area contributed by atoms with Gasteiger partial charge in [0, 0.05) is 0 Å². The molecule has 1 heterocycles. The number of carbonyl (C=O) groups excluding carboxylic acids is 1. The summed E-state index contributed by atoms with van der Waals surface area (Å²) < 4.78 is 10.1. The Morgan fingerprint density at radius 1 is 1.04 bits per heavy atom. The van der Waals surface area contributed by atoms with Crippen LogP contribution in [0.5, 0.6) is 0 Å². The van der Waals surface area contributed by atoms with Crippen molar-refractivity contribution in [3.63, 3.8) is 0 Å². The van der Waals surface area contributed by atoms with Crippen molar-refractivity contribution >= 4 is 5.78 Å². The lowest BCUT2D eigenvalue weighted by Gasteiger charge is -2.41. The Balaban J connectivity index is 2.91. The number of carbonyl (C=O) groups is 1. The number of ketones is 1. The summed E-state index contributed by atoms with van der Waals surface area (Å²) in [5, 5.41) is 75.1. The average molecular weight is 342 g/mol. The molecule has 0 radical (unpaired) electrons. The lowest BCUT2D eigenvalue weighted by Crippen LogP contribution is -2.61. The van der Waals surface area contributed by atoms with Gasteiger partial charge in [-0.3, -0.25) is 4.79 Å². The maximum atomic E-state index is 11.3. The van der Waals surface area contributed by atoms with E-state index in [-0.39, 0.29) is 0 Å². The number of rotatable bonds is 8. The molecular formula is C12H22O11. The first kappa shape index (κ1) is 20.3. The van der Waals surface area contributed by atoms with Gasteiger partial charge >= 0.3 is 0 Å². The Bertz CT molecular complexity index is 376. The van der Waals surface area contributed by atoms with Crippen molar-refractivity contribution in [1.29, 1.82) is 0 Å². The Labute approximate surface area is 130 Å². The van der Waals surface area contributed by atoms with Crippen molar-refractivity contribution in [3.05, 3.63) is 0 Å². The van der Waals surface area contributed by atoms with Crippen molar-refractivity contribution in [2.24, 2.45) is 0 Å². The average Bonchev–Trinajstić information content (AvgIpc) is 2.57. The molecule has 11 nitrogen and oxygen atoms in total. The van der Waals surface area contributed by atoms with Gasteiger partial charge in [-0.05, 0) is 0 Å². The third-order valence-electron chi connectivity index (χ3n) is 3.50. The second kappa shape index (κ2) is 8.94. The maximum Gasteiger partial charge on any atom is 0.189 e. The first-order valence-electron chi connectivity index (χ1n) is 6.85. The molecule has 1 fully saturated rings. The zero-order chi connectivity index (χ0) is 17.7. The van der Waals surface area contributed by atoms with Crippen molar-refractivity contribution in [2.45, 2.75) is 49.0 Å². The SMILES string of the molecule is O=C(CO)[C@@H](O)[C@@H](O[C@@H]1O[C@H](CO)[C@H](O)[C@H](O)[C@@H]1O)[C@H](O)CO. The fraction of sp³-hybridized carbons (Fsp3) is 0.917. The van der Waals surface area contributed by atoms with E-state index >= 15 is 0 Å². The molecule has 136 valence electrons. The minimum absolute atomic E-state index is 0.726. The lowest BCUT2D eigenvalue weighted by atomic mass is 9.98. The summed E-state index contributed by atoms with van der Waals surface area (Å²) in [7, 11) is 0. The van der Waals surface area contributed by atoms with Crippen LogP contribution < -0.4 is 0 Å². The predicted octanol–water partition coefficient (Wildman–Crippen LogP) is -5.55. The first-order chi connectivity index (χ1) is 10.8. The van der Waals surface area contributed by atoms with Crippen molar-refractivity contribution in [2.75, 3.05) is 19.8 Å². The molecule has 23 heavy (non-hydrogen) atoms. The largest absolute Gasteiger partial charge is 0.394 e. The third kappa shape index (κ3) is 4.64. The molecule has 1 saturated heterocycles. The highest BCUT2D eigenvalue weighted by molar-refractivity contribution is 5.84. The maximum absolute atomic E-state index is 11.3. The zero-order valence-electron chi connectivity index (χ0n) is 12.0. The normalized spacial score (nSPS) is 35.6. The van der Waals surface area contributed by atoms with Gasteiger partial charge in [0.1, 0.15) is 49.3 Å². The second-order valence-corrected chi connectivity index (χ2v) is 5.12. The van der Waals surface area contributed by atoms with E-state index in [4.69, 9.17) is 24.8 Å². The minimum atomic E-state index is -2.05. The van der Waals surface area contributed by atoms with Crippen LogP contribution in [0.1, 0.15) is 0 Å². The van der Waals surface area contributed by atoms with E-state index < -0.39 is 74.6 Å². The third-order valence-corrected chi connectivity index (χ3v) is 3.50. The van der Waals surface area contributed by atoms with E-state index in [1.54, 1.807) is 0 Å². The summed E-state index contributed by atoms with van der Waals surface area (Å²) in [5.74, 6) is -1.12. The van der Waals surface area contributed by atoms with Crippen LogP contribution in [0.3, 0.4) is 0 Å². The number of hydrogen-bond donors (Lipinski definition) is 8. The van der Waals surface area contributed by atoms with Crippen molar-refractivity contribution in [3.8, 4) is 0 Å². The molecule has 1 rings (SSSR count). The van der Waals surface area contributed by atoms with Gasteiger partial charge < -0.3 is 50.3 Å². The van der Waals surface area contributed by atoms with Crippen LogP contribution in [0.25, 0.3) is 0 Å². The van der Waals surface area contributed by atoms with Crippen LogP contribution in [-0.4, -0.2) is 115 Å². The van der Waals surface area contributed by atoms with Crippen molar-refractivity contribution in [1.82, 2.24) is 0 Å². The van der Waals surface area contributed by atoms with Crippen LogP contribution in [-0.2, 0) is 14.3 Å². The zero-order valence-corrected chi connectivity index (χ0v) is 12.0. The van der Waals surface area contributed by atoms with Crippen molar-refractivity contribution < 1.29 is 55.1 Å². The molecule has 0 aromatic heterocycles. The molecule has 0 amide bonds. The van der Waals surface area contributed by atoms with Gasteiger partial charge in [-0.1, -0.05) is 0 Å². The van der Waals surface area contributed by atoms with Gasteiger partial charge in [-0.25, -0.2) is 0 Å². The second-order valence-electron chi connectivity index (χ2n) is 5.12. The highest BCUT2D eigenvalue weighted by atomic mass is 16.7. The topological polar surface area (TPSA) is 197 Å². The highest BCUT2D eigenvalue weighted by Gasteiger charge is 2.46. The Kier molecular flexibility index (Phi) is 7.89. The van der Waals surface area contributed by atoms with E-state index in [1.165, 1.54) is 0 Å². The molecule has 11 heteroatoms. The summed E-state index contributed by atoms with van der Waals surface area (Å²) in [6.07, 6.45) is -13.8. The summed E-state index contributed by atoms with van der Waals surface area (Å²) in [6.45, 7) is -2.71. The van der Waals surface area contributed by atoms with E-state index in [0.29, 0.717) is 0 Å². The van der Waals surface area contributed by atoms with Gasteiger partial charge in [-0.15, -0.1) is 0 Å². The summed E-state index contributed by atoms with van der Waals surface area (Å²) >= 11 is 0. The van der Waals surface area contributed by atoms with E-state index in [9.17, 15) is 30.3 Å². The summed E-state index contributed by atoms with van der Waals surface area (Å²) in [4.78, 5) is 11.3. The smallest absolute Gasteiger partial charge is 0.189 e. The molecule has 8 N–H and O–H groups in total. The highest BCUT2D eigenvalue weighted by Crippen LogP contribution is 2.24. The molecule has 1 aliphatic heterocycles. The predicted molar refractivity (Wildman–Crippen MR) is 69.8 cm³/mol. The van der Waals surface area contributed by atoms with Gasteiger partial charge in [0.05, 0.1) is 13.2 Å². The monoisotopic (exact) mass is 342 g/mol.